The molecule has 0 atom stereocenters. The molecule has 2 aliphatic rings. The summed E-state index contributed by atoms with van der Waals surface area (Å²) in [7, 11) is 1.83. The summed E-state index contributed by atoms with van der Waals surface area (Å²) < 4.78 is 7.81. The number of piperidine rings is 1. The molecule has 2 aliphatic heterocycles. The highest BCUT2D eigenvalue weighted by Crippen LogP contribution is 2.28. The number of aryl methyl sites for hydroxylation is 1. The Hall–Kier alpha value is -3.52. The molecule has 0 saturated carbocycles. The molecule has 8 heteroatoms. The topological polar surface area (TPSA) is 78.2 Å². The summed E-state index contributed by atoms with van der Waals surface area (Å²) in [6.45, 7) is 6.90. The maximum atomic E-state index is 13.6. The highest BCUT2D eigenvalue weighted by molar-refractivity contribution is 6.09. The number of nitrogens with zero attached hydrogens (tertiary/aromatic N) is 4. The first-order valence-corrected chi connectivity index (χ1v) is 13.8. The van der Waals surface area contributed by atoms with Gasteiger partial charge in [-0.25, -0.2) is 0 Å². The van der Waals surface area contributed by atoms with Crippen LogP contribution in [-0.2, 0) is 18.3 Å². The van der Waals surface area contributed by atoms with Crippen molar-refractivity contribution < 1.29 is 19.4 Å². The number of likely N-dealkylation sites (tertiary alicyclic amines) is 1. The third-order valence-corrected chi connectivity index (χ3v) is 7.87. The molecule has 8 nitrogen and oxygen atoms in total. The Labute approximate surface area is 224 Å². The van der Waals surface area contributed by atoms with Crippen LogP contribution in [-0.4, -0.2) is 83.8 Å². The number of benzene rings is 2. The quantitative estimate of drug-likeness (QED) is 0.431. The number of piperazine rings is 1. The Morgan fingerprint density at radius 1 is 0.895 bits per heavy atom. The average Bonchev–Trinajstić information content (AvgIpc) is 3.22. The van der Waals surface area contributed by atoms with E-state index >= 15 is 0 Å². The van der Waals surface area contributed by atoms with Gasteiger partial charge in [-0.05, 0) is 62.7 Å². The first kappa shape index (κ1) is 26.1. The summed E-state index contributed by atoms with van der Waals surface area (Å²) in [6.07, 6.45) is 4.86. The van der Waals surface area contributed by atoms with Gasteiger partial charge in [0.15, 0.2) is 0 Å². The molecule has 5 rings (SSSR count). The van der Waals surface area contributed by atoms with Gasteiger partial charge in [0, 0.05) is 62.1 Å². The zero-order chi connectivity index (χ0) is 26.5. The number of carboxylic acid groups (broad SMARTS) is 1. The molecule has 2 aromatic carbocycles. The van der Waals surface area contributed by atoms with E-state index in [-0.39, 0.29) is 12.3 Å². The standard InChI is InChI=1S/C30H38N4O4/c1-31-26-9-4-3-8-25(26)29(27(31)22-28(35)36)30(37)34-19-17-33(18-20-34)23-10-12-24(13-11-23)38-21-7-16-32-14-5-2-6-15-32/h3-4,8-13H,2,5-7,14-22H2,1H3,(H,35,36). The normalized spacial score (nSPS) is 16.7. The van der Waals surface area contributed by atoms with E-state index in [0.717, 1.165) is 55.0 Å². The minimum atomic E-state index is -0.941. The number of aromatic nitrogens is 1. The Bertz CT molecular complexity index is 1260. The Kier molecular flexibility index (Phi) is 8.17. The fraction of sp³-hybridized carbons (Fsp3) is 0.467. The third kappa shape index (κ3) is 5.80. The van der Waals surface area contributed by atoms with E-state index in [1.54, 1.807) is 0 Å². The molecular weight excluding hydrogens is 480 g/mol. The summed E-state index contributed by atoms with van der Waals surface area (Å²) in [5.74, 6) is -0.140. The number of amides is 1. The number of rotatable bonds is 9. The second-order valence-corrected chi connectivity index (χ2v) is 10.3. The molecule has 3 heterocycles. The molecule has 202 valence electrons. The molecular formula is C30H38N4O4. The van der Waals surface area contributed by atoms with Gasteiger partial charge in [-0.2, -0.15) is 0 Å². The molecule has 0 bridgehead atoms. The lowest BCUT2D eigenvalue weighted by atomic mass is 10.1. The van der Waals surface area contributed by atoms with E-state index in [1.165, 1.54) is 32.4 Å². The van der Waals surface area contributed by atoms with Crippen molar-refractivity contribution in [2.75, 3.05) is 57.3 Å². The summed E-state index contributed by atoms with van der Waals surface area (Å²) in [6, 6.07) is 15.9. The Morgan fingerprint density at radius 2 is 1.61 bits per heavy atom. The van der Waals surface area contributed by atoms with Crippen molar-refractivity contribution in [3.8, 4) is 5.75 Å². The monoisotopic (exact) mass is 518 g/mol. The van der Waals surface area contributed by atoms with Crippen LogP contribution in [0.5, 0.6) is 5.75 Å². The number of ether oxygens (including phenoxy) is 1. The van der Waals surface area contributed by atoms with Crippen LogP contribution in [0.1, 0.15) is 41.7 Å². The molecule has 2 fully saturated rings. The fourth-order valence-electron chi connectivity index (χ4n) is 5.78. The highest BCUT2D eigenvalue weighted by Gasteiger charge is 2.28. The van der Waals surface area contributed by atoms with Gasteiger partial charge in [0.25, 0.3) is 5.91 Å². The van der Waals surface area contributed by atoms with Crippen LogP contribution in [0.15, 0.2) is 48.5 Å². The Morgan fingerprint density at radius 3 is 2.32 bits per heavy atom. The SMILES string of the molecule is Cn1c(CC(=O)O)c(C(=O)N2CCN(c3ccc(OCCCN4CCCCC4)cc3)CC2)c2ccccc21. The molecule has 0 unspecified atom stereocenters. The molecule has 1 amide bonds. The number of carbonyl (C=O) groups excluding carboxylic acids is 1. The zero-order valence-electron chi connectivity index (χ0n) is 22.3. The first-order valence-electron chi connectivity index (χ1n) is 13.8. The van der Waals surface area contributed by atoms with Gasteiger partial charge < -0.3 is 29.1 Å². The summed E-state index contributed by atoms with van der Waals surface area (Å²) in [5.41, 5.74) is 3.06. The average molecular weight is 519 g/mol. The van der Waals surface area contributed by atoms with Gasteiger partial charge in [-0.1, -0.05) is 24.6 Å². The minimum absolute atomic E-state index is 0.0917. The minimum Gasteiger partial charge on any atom is -0.494 e. The van der Waals surface area contributed by atoms with E-state index in [1.807, 2.05) is 52.9 Å². The number of para-hydroxylation sites is 1. The maximum Gasteiger partial charge on any atom is 0.309 e. The number of hydrogen-bond donors (Lipinski definition) is 1. The van der Waals surface area contributed by atoms with Crippen LogP contribution >= 0.6 is 0 Å². The van der Waals surface area contributed by atoms with Crippen molar-refractivity contribution in [2.45, 2.75) is 32.1 Å². The number of aliphatic carboxylic acids is 1. The lowest BCUT2D eigenvalue weighted by Crippen LogP contribution is -2.49. The van der Waals surface area contributed by atoms with Gasteiger partial charge in [0.2, 0.25) is 0 Å². The number of anilines is 1. The van der Waals surface area contributed by atoms with Crippen molar-refractivity contribution in [3.63, 3.8) is 0 Å². The third-order valence-electron chi connectivity index (χ3n) is 7.87. The molecule has 3 aromatic rings. The number of hydrogen-bond acceptors (Lipinski definition) is 5. The van der Waals surface area contributed by atoms with Gasteiger partial charge in [-0.15, -0.1) is 0 Å². The lowest BCUT2D eigenvalue weighted by molar-refractivity contribution is -0.136. The number of carboxylic acids is 1. The molecule has 0 aliphatic carbocycles. The summed E-state index contributed by atoms with van der Waals surface area (Å²) in [4.78, 5) is 31.9. The largest absolute Gasteiger partial charge is 0.494 e. The lowest BCUT2D eigenvalue weighted by Gasteiger charge is -2.36. The summed E-state index contributed by atoms with van der Waals surface area (Å²) >= 11 is 0. The van der Waals surface area contributed by atoms with E-state index in [9.17, 15) is 14.7 Å². The molecule has 1 aromatic heterocycles. The summed E-state index contributed by atoms with van der Waals surface area (Å²) in [5, 5.41) is 10.3. The van der Waals surface area contributed by atoms with E-state index < -0.39 is 5.97 Å². The van der Waals surface area contributed by atoms with E-state index in [2.05, 4.69) is 21.9 Å². The van der Waals surface area contributed by atoms with Crippen molar-refractivity contribution in [1.29, 1.82) is 0 Å². The van der Waals surface area contributed by atoms with Gasteiger partial charge in [0.05, 0.1) is 18.6 Å². The molecule has 0 spiro atoms. The van der Waals surface area contributed by atoms with Crippen LogP contribution < -0.4 is 9.64 Å². The molecule has 0 radical (unpaired) electrons. The molecule has 2 saturated heterocycles. The smallest absolute Gasteiger partial charge is 0.309 e. The van der Waals surface area contributed by atoms with Crippen molar-refractivity contribution in [3.05, 3.63) is 59.8 Å². The van der Waals surface area contributed by atoms with Gasteiger partial charge in [0.1, 0.15) is 5.75 Å². The van der Waals surface area contributed by atoms with E-state index in [4.69, 9.17) is 4.74 Å². The molecule has 1 N–H and O–H groups in total. The predicted molar refractivity (Wildman–Crippen MR) is 149 cm³/mol. The highest BCUT2D eigenvalue weighted by atomic mass is 16.5. The van der Waals surface area contributed by atoms with Crippen LogP contribution in [0.2, 0.25) is 0 Å². The van der Waals surface area contributed by atoms with Crippen molar-refractivity contribution in [2.24, 2.45) is 7.05 Å². The molecule has 38 heavy (non-hydrogen) atoms. The maximum absolute atomic E-state index is 13.6. The zero-order valence-corrected chi connectivity index (χ0v) is 22.3. The fourth-order valence-corrected chi connectivity index (χ4v) is 5.78. The van der Waals surface area contributed by atoms with Crippen molar-refractivity contribution in [1.82, 2.24) is 14.4 Å². The van der Waals surface area contributed by atoms with E-state index in [0.29, 0.717) is 24.3 Å². The first-order chi connectivity index (χ1) is 18.5. The number of carbonyl (C=O) groups is 2. The van der Waals surface area contributed by atoms with Crippen LogP contribution in [0.25, 0.3) is 10.9 Å². The van der Waals surface area contributed by atoms with Gasteiger partial charge >= 0.3 is 5.97 Å². The Balaban J connectivity index is 1.16. The second kappa shape index (κ2) is 11.9. The number of fused-ring (bicyclic) bond motifs is 1. The van der Waals surface area contributed by atoms with Crippen molar-refractivity contribution >= 4 is 28.5 Å². The van der Waals surface area contributed by atoms with Crippen LogP contribution in [0.3, 0.4) is 0 Å². The predicted octanol–water partition coefficient (Wildman–Crippen LogP) is 4.02. The van der Waals surface area contributed by atoms with Gasteiger partial charge in [-0.3, -0.25) is 9.59 Å². The van der Waals surface area contributed by atoms with Crippen LogP contribution in [0.4, 0.5) is 5.69 Å². The second-order valence-electron chi connectivity index (χ2n) is 10.3. The van der Waals surface area contributed by atoms with Crippen LogP contribution in [0, 0.1) is 0 Å².